The fourth-order valence-electron chi connectivity index (χ4n) is 3.86. The van der Waals surface area contributed by atoms with Gasteiger partial charge in [-0.25, -0.2) is 0 Å². The van der Waals surface area contributed by atoms with Gasteiger partial charge in [-0.1, -0.05) is 47.9 Å². The van der Waals surface area contributed by atoms with E-state index < -0.39 is 0 Å². The van der Waals surface area contributed by atoms with Gasteiger partial charge in [-0.15, -0.1) is 6.42 Å². The topological polar surface area (TPSA) is 47.6 Å². The highest BCUT2D eigenvalue weighted by Gasteiger charge is 2.29. The van der Waals surface area contributed by atoms with Crippen LogP contribution < -0.4 is 14.8 Å². The van der Waals surface area contributed by atoms with Gasteiger partial charge in [-0.3, -0.25) is 4.79 Å². The number of nitrogens with one attached hydrogen (secondary N) is 1. The number of hydrogen-bond acceptors (Lipinski definition) is 3. The second-order valence-electron chi connectivity index (χ2n) is 6.81. The molecule has 0 saturated carbocycles. The normalized spacial score (nSPS) is 15.3. The third-order valence-electron chi connectivity index (χ3n) is 5.02. The summed E-state index contributed by atoms with van der Waals surface area (Å²) in [5, 5.41) is 5.64. The van der Waals surface area contributed by atoms with Crippen molar-refractivity contribution >= 4 is 34.0 Å². The zero-order chi connectivity index (χ0) is 20.4. The number of hydrogen-bond donors (Lipinski definition) is 1. The lowest BCUT2D eigenvalue weighted by Gasteiger charge is -2.28. The summed E-state index contributed by atoms with van der Waals surface area (Å²) in [4.78, 5) is 12.4. The number of terminal acetylenes is 1. The van der Waals surface area contributed by atoms with Crippen molar-refractivity contribution in [3.05, 3.63) is 64.7 Å². The first-order chi connectivity index (χ1) is 14.1. The Bertz CT molecular complexity index is 1130. The van der Waals surface area contributed by atoms with E-state index >= 15 is 0 Å². The molecule has 4 rings (SSSR count). The van der Waals surface area contributed by atoms with Crippen LogP contribution in [0, 0.1) is 12.3 Å². The summed E-state index contributed by atoms with van der Waals surface area (Å²) in [5.74, 6) is 3.21. The third-order valence-corrected chi connectivity index (χ3v) is 5.30. The number of anilines is 1. The number of amides is 1. The van der Waals surface area contributed by atoms with Gasteiger partial charge in [-0.2, -0.15) is 0 Å². The van der Waals surface area contributed by atoms with E-state index in [9.17, 15) is 4.79 Å². The number of ether oxygens (including phenoxy) is 2. The van der Waals surface area contributed by atoms with E-state index in [4.69, 9.17) is 27.5 Å². The maximum Gasteiger partial charge on any atom is 0.225 e. The average Bonchev–Trinajstić information content (AvgIpc) is 2.72. The number of halogens is 1. The molecule has 0 spiro atoms. The summed E-state index contributed by atoms with van der Waals surface area (Å²) in [5.41, 5.74) is 2.81. The van der Waals surface area contributed by atoms with Crippen LogP contribution in [0.5, 0.6) is 11.5 Å². The molecule has 0 unspecified atom stereocenters. The molecule has 1 amide bonds. The Morgan fingerprint density at radius 2 is 2.03 bits per heavy atom. The van der Waals surface area contributed by atoms with Crippen LogP contribution in [-0.4, -0.2) is 19.1 Å². The molecule has 3 aromatic rings. The Balaban J connectivity index is 1.88. The van der Waals surface area contributed by atoms with Gasteiger partial charge in [0.15, 0.2) is 11.5 Å². The van der Waals surface area contributed by atoms with Crippen LogP contribution >= 0.6 is 11.6 Å². The molecule has 0 fully saturated rings. The molecule has 3 aromatic carbocycles. The quantitative estimate of drug-likeness (QED) is 0.580. The lowest BCUT2D eigenvalue weighted by Crippen LogP contribution is -2.23. The van der Waals surface area contributed by atoms with Crippen molar-refractivity contribution in [2.75, 3.05) is 18.5 Å². The predicted octanol–water partition coefficient (Wildman–Crippen LogP) is 5.38. The summed E-state index contributed by atoms with van der Waals surface area (Å²) in [6.45, 7) is 2.44. The van der Waals surface area contributed by atoms with Gasteiger partial charge >= 0.3 is 0 Å². The van der Waals surface area contributed by atoms with Crippen molar-refractivity contribution in [2.45, 2.75) is 19.3 Å². The highest BCUT2D eigenvalue weighted by Crippen LogP contribution is 2.45. The molecule has 4 nitrogen and oxygen atoms in total. The molecule has 0 saturated heterocycles. The van der Waals surface area contributed by atoms with Gasteiger partial charge in [0.2, 0.25) is 5.91 Å². The highest BCUT2D eigenvalue weighted by atomic mass is 35.5. The van der Waals surface area contributed by atoms with Crippen molar-refractivity contribution in [3.8, 4) is 23.8 Å². The fourth-order valence-corrected chi connectivity index (χ4v) is 4.13. The minimum absolute atomic E-state index is 0.0282. The first-order valence-electron chi connectivity index (χ1n) is 9.46. The van der Waals surface area contributed by atoms with E-state index in [1.54, 1.807) is 0 Å². The number of rotatable bonds is 5. The minimum Gasteiger partial charge on any atom is -0.490 e. The molecular formula is C24H20ClNO3. The van der Waals surface area contributed by atoms with Crippen molar-refractivity contribution in [2.24, 2.45) is 0 Å². The maximum absolute atomic E-state index is 12.4. The van der Waals surface area contributed by atoms with Crippen LogP contribution in [0.2, 0.25) is 5.02 Å². The highest BCUT2D eigenvalue weighted by molar-refractivity contribution is 6.32. The molecule has 1 aliphatic rings. The molecule has 1 heterocycles. The van der Waals surface area contributed by atoms with E-state index in [0.717, 1.165) is 27.6 Å². The minimum atomic E-state index is -0.150. The third kappa shape index (κ3) is 3.62. The Labute approximate surface area is 174 Å². The Kier molecular flexibility index (Phi) is 5.33. The monoisotopic (exact) mass is 405 g/mol. The molecule has 1 aliphatic heterocycles. The van der Waals surface area contributed by atoms with Crippen molar-refractivity contribution in [3.63, 3.8) is 0 Å². The molecule has 146 valence electrons. The van der Waals surface area contributed by atoms with Crippen LogP contribution in [0.25, 0.3) is 10.8 Å². The Morgan fingerprint density at radius 3 is 2.83 bits per heavy atom. The average molecular weight is 406 g/mol. The first-order valence-corrected chi connectivity index (χ1v) is 9.84. The predicted molar refractivity (Wildman–Crippen MR) is 116 cm³/mol. The largest absolute Gasteiger partial charge is 0.490 e. The number of benzene rings is 3. The fraction of sp³-hybridized carbons (Fsp3) is 0.208. The van der Waals surface area contributed by atoms with Gasteiger partial charge in [-0.05, 0) is 47.0 Å². The van der Waals surface area contributed by atoms with Crippen molar-refractivity contribution < 1.29 is 14.3 Å². The van der Waals surface area contributed by atoms with Crippen LogP contribution in [0.4, 0.5) is 5.69 Å². The van der Waals surface area contributed by atoms with Gasteiger partial charge < -0.3 is 14.8 Å². The van der Waals surface area contributed by atoms with Gasteiger partial charge in [0, 0.05) is 18.0 Å². The zero-order valence-electron chi connectivity index (χ0n) is 16.0. The van der Waals surface area contributed by atoms with E-state index in [2.05, 4.69) is 23.4 Å². The molecule has 0 aromatic heterocycles. The molecule has 5 heteroatoms. The lowest BCUT2D eigenvalue weighted by molar-refractivity contribution is -0.116. The molecule has 0 bridgehead atoms. The van der Waals surface area contributed by atoms with Gasteiger partial charge in [0.05, 0.1) is 11.6 Å². The second-order valence-corrected chi connectivity index (χ2v) is 7.22. The SMILES string of the molecule is C#CCOc1c(Cl)cc([C@@H]2CC(=O)Nc3ccc4ccccc4c32)cc1OCC. The van der Waals surface area contributed by atoms with E-state index in [1.165, 1.54) is 0 Å². The number of carbonyl (C=O) groups is 1. The molecule has 1 N–H and O–H groups in total. The Hall–Kier alpha value is -3.16. The molecule has 0 radical (unpaired) electrons. The standard InChI is InChI=1S/C24H20ClNO3/c1-3-11-29-24-19(25)12-16(13-21(24)28-4-2)18-14-22(27)26-20-10-9-15-7-5-6-8-17(15)23(18)20/h1,5-10,12-13,18H,4,11,14H2,2H3,(H,26,27)/t18-/m0/s1. The second kappa shape index (κ2) is 8.06. The summed E-state index contributed by atoms with van der Waals surface area (Å²) in [7, 11) is 0. The number of fused-ring (bicyclic) bond motifs is 3. The maximum atomic E-state index is 12.4. The van der Waals surface area contributed by atoms with Gasteiger partial charge in [0.25, 0.3) is 0 Å². The van der Waals surface area contributed by atoms with Crippen LogP contribution in [0.15, 0.2) is 48.5 Å². The van der Waals surface area contributed by atoms with E-state index in [-0.39, 0.29) is 18.4 Å². The first kappa shape index (κ1) is 19.2. The lowest BCUT2D eigenvalue weighted by atomic mass is 9.82. The van der Waals surface area contributed by atoms with Crippen LogP contribution in [0.1, 0.15) is 30.4 Å². The summed E-state index contributed by atoms with van der Waals surface area (Å²) in [6.07, 6.45) is 5.64. The van der Waals surface area contributed by atoms with Crippen molar-refractivity contribution in [1.82, 2.24) is 0 Å². The molecule has 1 atom stereocenters. The molecular weight excluding hydrogens is 386 g/mol. The summed E-state index contributed by atoms with van der Waals surface area (Å²) in [6, 6.07) is 15.9. The van der Waals surface area contributed by atoms with Crippen molar-refractivity contribution in [1.29, 1.82) is 0 Å². The van der Waals surface area contributed by atoms with E-state index in [0.29, 0.717) is 29.5 Å². The molecule has 29 heavy (non-hydrogen) atoms. The summed E-state index contributed by atoms with van der Waals surface area (Å²) >= 11 is 6.53. The van der Waals surface area contributed by atoms with Gasteiger partial charge in [0.1, 0.15) is 6.61 Å². The smallest absolute Gasteiger partial charge is 0.225 e. The molecule has 0 aliphatic carbocycles. The number of carbonyl (C=O) groups excluding carboxylic acids is 1. The van der Waals surface area contributed by atoms with E-state index in [1.807, 2.05) is 43.3 Å². The Morgan fingerprint density at radius 1 is 1.21 bits per heavy atom. The van der Waals surface area contributed by atoms with Crippen LogP contribution in [-0.2, 0) is 4.79 Å². The summed E-state index contributed by atoms with van der Waals surface area (Å²) < 4.78 is 11.4. The zero-order valence-corrected chi connectivity index (χ0v) is 16.8. The van der Waals surface area contributed by atoms with Crippen LogP contribution in [0.3, 0.4) is 0 Å².